The number of carbonyl (C=O) groups is 1. The third-order valence-corrected chi connectivity index (χ3v) is 5.78. The smallest absolute Gasteiger partial charge is 0.342 e. The first kappa shape index (κ1) is 20.3. The van der Waals surface area contributed by atoms with Gasteiger partial charge in [0.2, 0.25) is 5.03 Å². The van der Waals surface area contributed by atoms with Crippen molar-refractivity contribution in [3.63, 3.8) is 0 Å². The maximum absolute atomic E-state index is 12.0. The molecule has 8 nitrogen and oxygen atoms in total. The van der Waals surface area contributed by atoms with Crippen molar-refractivity contribution in [1.82, 2.24) is 14.6 Å². The average molecular weight is 463 g/mol. The Bertz CT molecular complexity index is 1420. The van der Waals surface area contributed by atoms with Gasteiger partial charge in [-0.3, -0.25) is 0 Å². The zero-order chi connectivity index (χ0) is 21.6. The highest BCUT2D eigenvalue weighted by Crippen LogP contribution is 2.37. The number of aromatic carboxylic acids is 1. The molecule has 2 aromatic heterocycles. The first-order valence-electron chi connectivity index (χ1n) is 8.37. The normalized spacial score (nSPS) is 11.7. The molecule has 0 aliphatic carbocycles. The van der Waals surface area contributed by atoms with Gasteiger partial charge in [0.15, 0.2) is 5.65 Å². The van der Waals surface area contributed by atoms with Crippen molar-refractivity contribution in [2.24, 2.45) is 5.14 Å². The number of hydrogen-bond acceptors (Lipinski definition) is 5. The molecule has 0 saturated heterocycles. The molecule has 0 unspecified atom stereocenters. The molecule has 152 valence electrons. The van der Waals surface area contributed by atoms with Crippen LogP contribution in [0.2, 0.25) is 10.0 Å². The first-order chi connectivity index (χ1) is 14.2. The fraction of sp³-hybridized carbons (Fsp3) is 0. The van der Waals surface area contributed by atoms with Crippen molar-refractivity contribution in [3.8, 4) is 22.4 Å². The molecule has 0 bridgehead atoms. The molecule has 4 rings (SSSR count). The lowest BCUT2D eigenvalue weighted by Gasteiger charge is -2.13. The van der Waals surface area contributed by atoms with E-state index in [1.165, 1.54) is 6.20 Å². The molecular formula is C19H12Cl2N4O4S. The molecule has 0 aliphatic heterocycles. The number of aromatic nitrogens is 3. The van der Waals surface area contributed by atoms with Crippen LogP contribution < -0.4 is 5.14 Å². The number of halogens is 2. The number of sulfonamides is 1. The summed E-state index contributed by atoms with van der Waals surface area (Å²) in [5, 5.41) is 18.9. The fourth-order valence-electron chi connectivity index (χ4n) is 3.11. The van der Waals surface area contributed by atoms with Gasteiger partial charge in [-0.1, -0.05) is 53.5 Å². The van der Waals surface area contributed by atoms with Crippen LogP contribution in [-0.4, -0.2) is 34.1 Å². The molecule has 11 heteroatoms. The lowest BCUT2D eigenvalue weighted by atomic mass is 10.0. The quantitative estimate of drug-likeness (QED) is 0.475. The van der Waals surface area contributed by atoms with Gasteiger partial charge >= 0.3 is 5.97 Å². The summed E-state index contributed by atoms with van der Waals surface area (Å²) < 4.78 is 25.1. The highest BCUT2D eigenvalue weighted by molar-refractivity contribution is 7.89. The van der Waals surface area contributed by atoms with Crippen molar-refractivity contribution >= 4 is 44.8 Å². The summed E-state index contributed by atoms with van der Waals surface area (Å²) in [4.78, 5) is 16.0. The van der Waals surface area contributed by atoms with Crippen molar-refractivity contribution in [3.05, 3.63) is 70.3 Å². The first-order valence-corrected chi connectivity index (χ1v) is 10.7. The maximum Gasteiger partial charge on any atom is 0.342 e. The van der Waals surface area contributed by atoms with Crippen LogP contribution in [0.4, 0.5) is 0 Å². The number of benzene rings is 2. The van der Waals surface area contributed by atoms with Gasteiger partial charge in [0.05, 0.1) is 5.69 Å². The summed E-state index contributed by atoms with van der Waals surface area (Å²) >= 11 is 12.4. The number of carboxylic acid groups (broad SMARTS) is 1. The van der Waals surface area contributed by atoms with Gasteiger partial charge in [-0.15, -0.1) is 0 Å². The van der Waals surface area contributed by atoms with Crippen molar-refractivity contribution in [1.29, 1.82) is 0 Å². The molecule has 4 aromatic rings. The van der Waals surface area contributed by atoms with Crippen LogP contribution >= 0.6 is 23.2 Å². The van der Waals surface area contributed by atoms with Gasteiger partial charge in [0, 0.05) is 32.9 Å². The van der Waals surface area contributed by atoms with E-state index in [4.69, 9.17) is 28.3 Å². The minimum absolute atomic E-state index is 0.174. The van der Waals surface area contributed by atoms with E-state index in [1.807, 2.05) is 0 Å². The second-order valence-electron chi connectivity index (χ2n) is 6.27. The van der Waals surface area contributed by atoms with E-state index in [0.29, 0.717) is 32.4 Å². The Morgan fingerprint density at radius 1 is 1.03 bits per heavy atom. The maximum atomic E-state index is 12.0. The molecular weight excluding hydrogens is 451 g/mol. The van der Waals surface area contributed by atoms with Crippen LogP contribution in [0.15, 0.2) is 59.8 Å². The standard InChI is InChI=1S/C19H12Cl2N4O4S/c20-11-7-5-10(6-8-11)16-13(12-3-1-2-4-14(12)21)9-23-17-15(19(26)27)18(24-25(16)17)30(22,28)29/h1-9H,(H,26,27)(H2,22,28,29). The van der Waals surface area contributed by atoms with Crippen LogP contribution in [0, 0.1) is 0 Å². The topological polar surface area (TPSA) is 128 Å². The Balaban J connectivity index is 2.19. The second-order valence-corrected chi connectivity index (χ2v) is 8.59. The van der Waals surface area contributed by atoms with Crippen LogP contribution in [-0.2, 0) is 10.0 Å². The number of hydrogen-bond donors (Lipinski definition) is 2. The summed E-state index contributed by atoms with van der Waals surface area (Å²) in [6.07, 6.45) is 1.42. The van der Waals surface area contributed by atoms with Crippen molar-refractivity contribution in [2.45, 2.75) is 5.03 Å². The van der Waals surface area contributed by atoms with E-state index in [2.05, 4.69) is 10.1 Å². The predicted octanol–water partition coefficient (Wildman–Crippen LogP) is 3.72. The summed E-state index contributed by atoms with van der Waals surface area (Å²) in [6, 6.07) is 13.6. The Morgan fingerprint density at radius 3 is 2.30 bits per heavy atom. The van der Waals surface area contributed by atoms with Crippen LogP contribution in [0.3, 0.4) is 0 Å². The van der Waals surface area contributed by atoms with Gasteiger partial charge in [-0.2, -0.15) is 5.10 Å². The van der Waals surface area contributed by atoms with Gasteiger partial charge in [0.25, 0.3) is 10.0 Å². The summed E-state index contributed by atoms with van der Waals surface area (Å²) in [5.41, 5.74) is 1.29. The molecule has 0 atom stereocenters. The van der Waals surface area contributed by atoms with E-state index < -0.39 is 26.6 Å². The molecule has 0 aliphatic rings. The third kappa shape index (κ3) is 3.41. The van der Waals surface area contributed by atoms with Crippen molar-refractivity contribution in [2.75, 3.05) is 0 Å². The zero-order valence-corrected chi connectivity index (χ0v) is 17.3. The molecule has 0 fully saturated rings. The molecule has 3 N–H and O–H groups in total. The molecule has 0 spiro atoms. The van der Waals surface area contributed by atoms with E-state index in [1.54, 1.807) is 48.5 Å². The lowest BCUT2D eigenvalue weighted by Crippen LogP contribution is -2.16. The largest absolute Gasteiger partial charge is 0.477 e. The zero-order valence-electron chi connectivity index (χ0n) is 15.0. The van der Waals surface area contributed by atoms with Gasteiger partial charge in [-0.25, -0.2) is 27.9 Å². The van der Waals surface area contributed by atoms with Crippen LogP contribution in [0.25, 0.3) is 28.0 Å². The number of carboxylic acids is 1. The van der Waals surface area contributed by atoms with E-state index in [-0.39, 0.29) is 5.65 Å². The Hall–Kier alpha value is -2.98. The molecule has 0 amide bonds. The number of rotatable bonds is 4. The van der Waals surface area contributed by atoms with Crippen LogP contribution in [0.5, 0.6) is 0 Å². The highest BCUT2D eigenvalue weighted by atomic mass is 35.5. The Labute approximate surface area is 180 Å². The van der Waals surface area contributed by atoms with Crippen molar-refractivity contribution < 1.29 is 18.3 Å². The molecule has 0 radical (unpaired) electrons. The average Bonchev–Trinajstić information content (AvgIpc) is 3.09. The highest BCUT2D eigenvalue weighted by Gasteiger charge is 2.30. The van der Waals surface area contributed by atoms with Crippen LogP contribution in [0.1, 0.15) is 10.4 Å². The Morgan fingerprint density at radius 2 is 1.70 bits per heavy atom. The SMILES string of the molecule is NS(=O)(=O)c1nn2c(-c3ccc(Cl)cc3)c(-c3ccccc3Cl)cnc2c1C(=O)O. The van der Waals surface area contributed by atoms with E-state index in [9.17, 15) is 18.3 Å². The van der Waals surface area contributed by atoms with E-state index >= 15 is 0 Å². The third-order valence-electron chi connectivity index (χ3n) is 4.38. The van der Waals surface area contributed by atoms with Gasteiger partial charge in [-0.05, 0) is 18.2 Å². The molecule has 0 saturated carbocycles. The number of nitrogens with two attached hydrogens (primary N) is 1. The van der Waals surface area contributed by atoms with Gasteiger partial charge in [0.1, 0.15) is 5.56 Å². The number of nitrogens with zero attached hydrogens (tertiary/aromatic N) is 3. The number of primary sulfonamides is 1. The fourth-order valence-corrected chi connectivity index (χ4v) is 4.14. The number of fused-ring (bicyclic) bond motifs is 1. The predicted molar refractivity (Wildman–Crippen MR) is 112 cm³/mol. The summed E-state index contributed by atoms with van der Waals surface area (Å²) in [5.74, 6) is -1.52. The minimum atomic E-state index is -4.43. The molecule has 30 heavy (non-hydrogen) atoms. The van der Waals surface area contributed by atoms with Gasteiger partial charge < -0.3 is 5.11 Å². The summed E-state index contributed by atoms with van der Waals surface area (Å²) in [7, 11) is -4.43. The van der Waals surface area contributed by atoms with E-state index in [0.717, 1.165) is 4.52 Å². The summed E-state index contributed by atoms with van der Waals surface area (Å²) in [6.45, 7) is 0. The minimum Gasteiger partial charge on any atom is -0.477 e. The Kier molecular flexibility index (Phi) is 4.99. The molecule has 2 heterocycles. The lowest BCUT2D eigenvalue weighted by molar-refractivity contribution is 0.0694. The monoisotopic (exact) mass is 462 g/mol. The second kappa shape index (κ2) is 7.37. The molecule has 2 aromatic carbocycles.